The summed E-state index contributed by atoms with van der Waals surface area (Å²) in [7, 11) is 0. The number of pyridine rings is 1. The number of hydrogen-bond donors (Lipinski definition) is 2. The summed E-state index contributed by atoms with van der Waals surface area (Å²) in [6.07, 6.45) is 0. The predicted octanol–water partition coefficient (Wildman–Crippen LogP) is 2.23. The van der Waals surface area contributed by atoms with Crippen LogP contribution in [0.4, 0.5) is 0 Å². The number of aryl methyl sites for hydroxylation is 1. The van der Waals surface area contributed by atoms with Crippen molar-refractivity contribution in [1.82, 2.24) is 4.98 Å². The van der Waals surface area contributed by atoms with Gasteiger partial charge in [-0.05, 0) is 26.0 Å². The number of nitrogens with one attached hydrogen (secondary N) is 1. The summed E-state index contributed by atoms with van der Waals surface area (Å²) in [5, 5.41) is 8.45. The number of amidine groups is 1. The van der Waals surface area contributed by atoms with Gasteiger partial charge in [-0.15, -0.1) is 0 Å². The van der Waals surface area contributed by atoms with Crippen molar-refractivity contribution in [3.8, 4) is 5.75 Å². The van der Waals surface area contributed by atoms with Crippen LogP contribution in [-0.2, 0) is 0 Å². The van der Waals surface area contributed by atoms with Crippen LogP contribution >= 0.6 is 0 Å². The Morgan fingerprint density at radius 2 is 2.24 bits per heavy atom. The zero-order valence-corrected chi connectivity index (χ0v) is 9.95. The molecule has 4 heteroatoms. The van der Waals surface area contributed by atoms with Gasteiger partial charge in [0, 0.05) is 16.6 Å². The molecule has 0 amide bonds. The van der Waals surface area contributed by atoms with E-state index in [0.29, 0.717) is 12.2 Å². The van der Waals surface area contributed by atoms with Crippen molar-refractivity contribution in [2.24, 2.45) is 5.73 Å². The van der Waals surface area contributed by atoms with E-state index in [-0.39, 0.29) is 5.84 Å². The highest BCUT2D eigenvalue weighted by Gasteiger charge is 2.10. The number of benzene rings is 1. The molecule has 0 spiro atoms. The zero-order valence-electron chi connectivity index (χ0n) is 9.95. The Bertz CT molecular complexity index is 578. The first-order valence-corrected chi connectivity index (χ1v) is 5.51. The van der Waals surface area contributed by atoms with Crippen molar-refractivity contribution in [2.75, 3.05) is 6.61 Å². The van der Waals surface area contributed by atoms with E-state index in [4.69, 9.17) is 15.9 Å². The van der Waals surface area contributed by atoms with E-state index < -0.39 is 0 Å². The molecule has 0 bridgehead atoms. The van der Waals surface area contributed by atoms with Crippen LogP contribution in [0.15, 0.2) is 24.3 Å². The molecule has 1 aromatic heterocycles. The van der Waals surface area contributed by atoms with Gasteiger partial charge >= 0.3 is 0 Å². The van der Waals surface area contributed by atoms with Crippen molar-refractivity contribution < 1.29 is 4.74 Å². The summed E-state index contributed by atoms with van der Waals surface area (Å²) in [5.41, 5.74) is 7.88. The van der Waals surface area contributed by atoms with Crippen LogP contribution in [0.5, 0.6) is 5.75 Å². The van der Waals surface area contributed by atoms with Crippen molar-refractivity contribution in [1.29, 1.82) is 5.41 Å². The molecule has 17 heavy (non-hydrogen) atoms. The van der Waals surface area contributed by atoms with E-state index in [0.717, 1.165) is 22.3 Å². The lowest BCUT2D eigenvalue weighted by Gasteiger charge is -2.10. The molecular weight excluding hydrogens is 214 g/mol. The number of aromatic nitrogens is 1. The van der Waals surface area contributed by atoms with E-state index in [1.165, 1.54) is 0 Å². The Balaban J connectivity index is 2.78. The molecular formula is C13H15N3O. The number of fused-ring (bicyclic) bond motifs is 1. The van der Waals surface area contributed by atoms with E-state index in [9.17, 15) is 0 Å². The van der Waals surface area contributed by atoms with Gasteiger partial charge in [0.05, 0.1) is 6.61 Å². The highest BCUT2D eigenvalue weighted by Crippen LogP contribution is 2.26. The molecule has 1 heterocycles. The maximum Gasteiger partial charge on any atom is 0.145 e. The second-order valence-electron chi connectivity index (χ2n) is 3.81. The maximum atomic E-state index is 7.60. The van der Waals surface area contributed by atoms with Crippen LogP contribution in [0.1, 0.15) is 18.2 Å². The Morgan fingerprint density at radius 3 is 2.88 bits per heavy atom. The molecule has 3 N–H and O–H groups in total. The van der Waals surface area contributed by atoms with Gasteiger partial charge in [-0.2, -0.15) is 0 Å². The summed E-state index contributed by atoms with van der Waals surface area (Å²) in [6.45, 7) is 4.40. The van der Waals surface area contributed by atoms with E-state index >= 15 is 0 Å². The third-order valence-corrected chi connectivity index (χ3v) is 2.52. The van der Waals surface area contributed by atoms with Gasteiger partial charge in [0.25, 0.3) is 0 Å². The van der Waals surface area contributed by atoms with Crippen LogP contribution < -0.4 is 10.5 Å². The SMILES string of the molecule is CCOc1cccc2c(C(=N)N)cc(C)nc12. The highest BCUT2D eigenvalue weighted by atomic mass is 16.5. The van der Waals surface area contributed by atoms with E-state index in [1.807, 2.05) is 38.1 Å². The fourth-order valence-corrected chi connectivity index (χ4v) is 1.85. The average Bonchev–Trinajstić information content (AvgIpc) is 2.29. The highest BCUT2D eigenvalue weighted by molar-refractivity contribution is 6.07. The van der Waals surface area contributed by atoms with Crippen molar-refractivity contribution >= 4 is 16.7 Å². The third kappa shape index (κ3) is 2.06. The number of rotatable bonds is 3. The first-order chi connectivity index (χ1) is 8.13. The monoisotopic (exact) mass is 229 g/mol. The smallest absolute Gasteiger partial charge is 0.145 e. The predicted molar refractivity (Wildman–Crippen MR) is 68.7 cm³/mol. The summed E-state index contributed by atoms with van der Waals surface area (Å²) in [4.78, 5) is 4.46. The van der Waals surface area contributed by atoms with Crippen LogP contribution in [0.2, 0.25) is 0 Å². The van der Waals surface area contributed by atoms with Gasteiger partial charge in [-0.25, -0.2) is 4.98 Å². The molecule has 0 aliphatic carbocycles. The second-order valence-corrected chi connectivity index (χ2v) is 3.81. The summed E-state index contributed by atoms with van der Waals surface area (Å²) < 4.78 is 5.54. The lowest BCUT2D eigenvalue weighted by molar-refractivity contribution is 0.343. The quantitative estimate of drug-likeness (QED) is 0.626. The molecule has 0 saturated carbocycles. The Kier molecular flexibility index (Phi) is 2.95. The van der Waals surface area contributed by atoms with E-state index in [1.54, 1.807) is 0 Å². The lowest BCUT2D eigenvalue weighted by atomic mass is 10.1. The Morgan fingerprint density at radius 1 is 1.47 bits per heavy atom. The molecule has 0 radical (unpaired) electrons. The number of nitrogens with zero attached hydrogens (tertiary/aromatic N) is 1. The van der Waals surface area contributed by atoms with Gasteiger partial charge in [0.15, 0.2) is 0 Å². The van der Waals surface area contributed by atoms with Gasteiger partial charge < -0.3 is 10.5 Å². The minimum atomic E-state index is 0.0501. The molecule has 1 aromatic carbocycles. The lowest BCUT2D eigenvalue weighted by Crippen LogP contribution is -2.12. The van der Waals surface area contributed by atoms with Crippen molar-refractivity contribution in [2.45, 2.75) is 13.8 Å². The molecule has 0 unspecified atom stereocenters. The molecule has 4 nitrogen and oxygen atoms in total. The van der Waals surface area contributed by atoms with Crippen LogP contribution in [0, 0.1) is 12.3 Å². The Hall–Kier alpha value is -2.10. The van der Waals surface area contributed by atoms with Crippen molar-refractivity contribution in [3.63, 3.8) is 0 Å². The number of ether oxygens (including phenoxy) is 1. The van der Waals surface area contributed by atoms with E-state index in [2.05, 4.69) is 4.98 Å². The third-order valence-electron chi connectivity index (χ3n) is 2.52. The normalized spacial score (nSPS) is 10.5. The number of para-hydroxylation sites is 1. The van der Waals surface area contributed by atoms with Crippen LogP contribution in [-0.4, -0.2) is 17.4 Å². The fourth-order valence-electron chi connectivity index (χ4n) is 1.85. The fraction of sp³-hybridized carbons (Fsp3) is 0.231. The zero-order chi connectivity index (χ0) is 12.4. The summed E-state index contributed by atoms with van der Waals surface area (Å²) >= 11 is 0. The summed E-state index contributed by atoms with van der Waals surface area (Å²) in [6, 6.07) is 7.49. The van der Waals surface area contributed by atoms with Crippen LogP contribution in [0.25, 0.3) is 10.9 Å². The van der Waals surface area contributed by atoms with Crippen LogP contribution in [0.3, 0.4) is 0 Å². The Labute approximate surface area is 99.9 Å². The number of nitrogen functional groups attached to an aromatic ring is 1. The minimum absolute atomic E-state index is 0.0501. The second kappa shape index (κ2) is 4.41. The molecule has 0 aliphatic heterocycles. The molecule has 0 fully saturated rings. The summed E-state index contributed by atoms with van der Waals surface area (Å²) in [5.74, 6) is 0.783. The van der Waals surface area contributed by atoms with Gasteiger partial charge in [0.2, 0.25) is 0 Å². The molecule has 0 aliphatic rings. The first kappa shape index (κ1) is 11.4. The number of hydrogen-bond acceptors (Lipinski definition) is 3. The minimum Gasteiger partial charge on any atom is -0.492 e. The topological polar surface area (TPSA) is 72.0 Å². The maximum absolute atomic E-state index is 7.60. The molecule has 88 valence electrons. The molecule has 2 aromatic rings. The first-order valence-electron chi connectivity index (χ1n) is 5.51. The number of nitrogens with two attached hydrogens (primary N) is 1. The molecule has 2 rings (SSSR count). The molecule has 0 saturated heterocycles. The molecule has 0 atom stereocenters. The average molecular weight is 229 g/mol. The van der Waals surface area contributed by atoms with Gasteiger partial charge in [-0.1, -0.05) is 12.1 Å². The van der Waals surface area contributed by atoms with Gasteiger partial charge in [0.1, 0.15) is 17.1 Å². The van der Waals surface area contributed by atoms with Crippen molar-refractivity contribution in [3.05, 3.63) is 35.5 Å². The standard InChI is InChI=1S/C13H15N3O/c1-3-17-11-6-4-5-9-10(13(14)15)7-8(2)16-12(9)11/h4-7H,3H2,1-2H3,(H3,14,15). The van der Waals surface area contributed by atoms with Gasteiger partial charge in [-0.3, -0.25) is 5.41 Å². The largest absolute Gasteiger partial charge is 0.492 e.